The van der Waals surface area contributed by atoms with Crippen LogP contribution in [0.25, 0.3) is 55.6 Å². The van der Waals surface area contributed by atoms with Gasteiger partial charge in [0, 0.05) is 72.8 Å². The average molecular weight is 1920 g/mol. The molecule has 0 saturated heterocycles. The van der Waals surface area contributed by atoms with E-state index in [1.807, 2.05) is 0 Å². The van der Waals surface area contributed by atoms with E-state index in [4.69, 9.17) is 0 Å². The van der Waals surface area contributed by atoms with Gasteiger partial charge in [-0.2, -0.15) is 0 Å². The quantitative estimate of drug-likeness (QED) is 0.101. The molecule has 26 rings (SSSR count). The molecular formula is C143H159N3. The largest absolute Gasteiger partial charge is 0.310 e. The van der Waals surface area contributed by atoms with Gasteiger partial charge in [-0.05, 0) is 392 Å². The number of benzene rings is 14. The van der Waals surface area contributed by atoms with Gasteiger partial charge < -0.3 is 14.7 Å². The van der Waals surface area contributed by atoms with Crippen LogP contribution in [0.1, 0.15) is 407 Å². The minimum absolute atomic E-state index is 0.0505. The lowest BCUT2D eigenvalue weighted by atomic mass is 9.67. The summed E-state index contributed by atoms with van der Waals surface area (Å²) < 4.78 is 0. The number of nitrogens with zero attached hydrogens (tertiary/aromatic N) is 3. The molecule has 8 fully saturated rings. The zero-order valence-corrected chi connectivity index (χ0v) is 89.3. The minimum atomic E-state index is -0.0505. The van der Waals surface area contributed by atoms with Crippen LogP contribution in [0, 0.1) is 11.8 Å². The normalized spacial score (nSPS) is 20.1. The van der Waals surface area contributed by atoms with E-state index in [1.165, 1.54) is 396 Å². The summed E-state index contributed by atoms with van der Waals surface area (Å²) in [4.78, 5) is 7.62. The lowest BCUT2D eigenvalue weighted by molar-refractivity contribution is 0.186. The van der Waals surface area contributed by atoms with Crippen LogP contribution >= 0.6 is 0 Å². The average Bonchev–Trinajstić information content (AvgIpc) is 1.56. The van der Waals surface area contributed by atoms with E-state index in [9.17, 15) is 0 Å². The maximum atomic E-state index is 2.61. The first-order chi connectivity index (χ1) is 71.3. The SMILES string of the molecule is CC(C)(C)c1cc(-c2ccc(N(c3ccc(C4CCCCC4)cc3)c3ccc4c(c3)C(C)(C)c3ccccc3-4)cc2)cc(C(C)(C)C)c1.c1ccc2c(c1)-c1ccc(N(c3ccc(C4CCCCC4)cc3)c3ccc(C4CCC(C5CCCCC5)CC4)cc3)cc1C21CCCCC1.c1ccc2c(c1)-c1ccc(N(c3ccc(C4CCCCC4)cc3)c3ccc4c(c3)C3(CCCCC3)c3ccccc3-4)cc1C21CCCCC1. The van der Waals surface area contributed by atoms with E-state index in [-0.39, 0.29) is 32.5 Å². The fourth-order valence-corrected chi connectivity index (χ4v) is 30.9. The molecule has 746 valence electrons. The highest BCUT2D eigenvalue weighted by Gasteiger charge is 2.49. The summed E-state index contributed by atoms with van der Waals surface area (Å²) in [5.74, 6) is 4.87. The summed E-state index contributed by atoms with van der Waals surface area (Å²) in [6.07, 6.45) is 53.1. The Bertz CT molecular complexity index is 6820. The summed E-state index contributed by atoms with van der Waals surface area (Å²) >= 11 is 0. The lowest BCUT2D eigenvalue weighted by Crippen LogP contribution is -2.28. The Hall–Kier alpha value is -11.5. The molecule has 3 nitrogen and oxygen atoms in total. The van der Waals surface area contributed by atoms with Gasteiger partial charge in [0.2, 0.25) is 0 Å². The van der Waals surface area contributed by atoms with Gasteiger partial charge in [0.25, 0.3) is 0 Å². The third-order valence-electron chi connectivity index (χ3n) is 39.0. The van der Waals surface area contributed by atoms with Crippen LogP contribution in [0.3, 0.4) is 0 Å². The number of hydrogen-bond acceptors (Lipinski definition) is 3. The number of hydrogen-bond donors (Lipinski definition) is 0. The van der Waals surface area contributed by atoms with Crippen molar-refractivity contribution >= 4 is 51.2 Å². The van der Waals surface area contributed by atoms with Gasteiger partial charge in [0.15, 0.2) is 0 Å². The second kappa shape index (κ2) is 40.5. The molecule has 3 spiro atoms. The molecule has 0 radical (unpaired) electrons. The zero-order chi connectivity index (χ0) is 98.9. The topological polar surface area (TPSA) is 9.72 Å². The molecule has 12 aliphatic rings. The molecular weight excluding hydrogens is 1760 g/mol. The van der Waals surface area contributed by atoms with Gasteiger partial charge in [-0.25, -0.2) is 0 Å². The highest BCUT2D eigenvalue weighted by atomic mass is 15.2. The van der Waals surface area contributed by atoms with Crippen LogP contribution < -0.4 is 14.7 Å². The first-order valence-electron chi connectivity index (χ1n) is 58.4. The maximum absolute atomic E-state index is 2.61. The van der Waals surface area contributed by atoms with Gasteiger partial charge in [0.05, 0.1) is 0 Å². The van der Waals surface area contributed by atoms with Crippen LogP contribution in [-0.4, -0.2) is 0 Å². The van der Waals surface area contributed by atoms with Crippen molar-refractivity contribution in [2.45, 2.75) is 362 Å². The Morgan fingerprint density at radius 2 is 0.432 bits per heavy atom. The van der Waals surface area contributed by atoms with Crippen molar-refractivity contribution in [1.29, 1.82) is 0 Å². The van der Waals surface area contributed by atoms with Crippen molar-refractivity contribution in [3.8, 4) is 55.6 Å². The molecule has 146 heavy (non-hydrogen) atoms. The van der Waals surface area contributed by atoms with Gasteiger partial charge in [-0.3, -0.25) is 0 Å². The van der Waals surface area contributed by atoms with Crippen molar-refractivity contribution in [3.63, 3.8) is 0 Å². The smallest absolute Gasteiger partial charge is 0.0465 e. The summed E-state index contributed by atoms with van der Waals surface area (Å²) in [6, 6.07) is 122. The van der Waals surface area contributed by atoms with E-state index >= 15 is 0 Å². The summed E-state index contributed by atoms with van der Waals surface area (Å²) in [6.45, 7) is 18.6. The maximum Gasteiger partial charge on any atom is 0.0465 e. The third-order valence-corrected chi connectivity index (χ3v) is 39.0. The molecule has 0 heterocycles. The molecule has 0 N–H and O–H groups in total. The van der Waals surface area contributed by atoms with Gasteiger partial charge >= 0.3 is 0 Å². The molecule has 14 aromatic rings. The zero-order valence-electron chi connectivity index (χ0n) is 89.3. The van der Waals surface area contributed by atoms with Crippen LogP contribution in [0.2, 0.25) is 0 Å². The predicted octanol–water partition coefficient (Wildman–Crippen LogP) is 41.7. The van der Waals surface area contributed by atoms with E-state index in [1.54, 1.807) is 38.9 Å². The van der Waals surface area contributed by atoms with E-state index in [0.29, 0.717) is 11.8 Å². The second-order valence-corrected chi connectivity index (χ2v) is 49.9. The van der Waals surface area contributed by atoms with E-state index in [2.05, 4.69) is 379 Å². The van der Waals surface area contributed by atoms with E-state index in [0.717, 1.165) is 23.7 Å². The Morgan fingerprint density at radius 3 is 0.753 bits per heavy atom. The predicted molar refractivity (Wildman–Crippen MR) is 620 cm³/mol. The van der Waals surface area contributed by atoms with Crippen LogP contribution in [0.5, 0.6) is 0 Å². The molecule has 14 aromatic carbocycles. The fourth-order valence-electron chi connectivity index (χ4n) is 30.9. The molecule has 0 bridgehead atoms. The highest BCUT2D eigenvalue weighted by Crippen LogP contribution is 2.63. The van der Waals surface area contributed by atoms with Gasteiger partial charge in [-0.1, -0.05) is 403 Å². The van der Waals surface area contributed by atoms with Crippen molar-refractivity contribution < 1.29 is 0 Å². The Morgan fingerprint density at radius 1 is 0.192 bits per heavy atom. The first kappa shape index (κ1) is 96.6. The fraction of sp³-hybridized carbons (Fsp3) is 0.413. The van der Waals surface area contributed by atoms with Crippen molar-refractivity contribution in [2.24, 2.45) is 11.8 Å². The van der Waals surface area contributed by atoms with Crippen LogP contribution in [0.15, 0.2) is 309 Å². The lowest BCUT2D eigenvalue weighted by Gasteiger charge is -2.37. The standard InChI is InChI=1S/C48H49N.C48H57N.C47H53N/c1-4-14-34(15-5-1)35-20-22-36(23-21-35)49(37-24-26-41-39-16-6-8-18-43(39)47(45(41)32-37)28-10-2-11-29-47)38-25-27-42-40-17-7-9-19-44(40)48(46(42)33-38)30-12-3-13-31-48;1-4-12-35(13-5-1)37-18-20-38(21-19-37)40-24-28-42(29-25-40)49(41-26-22-39(23-27-41)36-14-6-2-7-15-36)43-30-31-45-44-16-8-9-17-46(44)48(47(45)34-43)32-10-3-11-33-48;1-45(2,3)36-28-35(29-37(30-36)46(4,5)6)34-20-24-39(25-21-34)48(38-22-18-33(19-23-38)32-14-10-9-11-15-32)40-26-27-42-41-16-12-13-17-43(41)47(7,8)44(42)31-40/h6-9,16-27,32-34H,1-5,10-15,28-31H2;8-9,16-17,22-31,34-38H,1-7,10-15,18-21,32-33H2;12-13,16-32H,9-11,14-15H2,1-8H3. The van der Waals surface area contributed by atoms with Gasteiger partial charge in [-0.15, -0.1) is 0 Å². The first-order valence-corrected chi connectivity index (χ1v) is 58.4. The van der Waals surface area contributed by atoms with Crippen molar-refractivity contribution in [1.82, 2.24) is 0 Å². The summed E-state index contributed by atoms with van der Waals surface area (Å²) in [7, 11) is 0. The molecule has 8 saturated carbocycles. The van der Waals surface area contributed by atoms with Gasteiger partial charge in [0.1, 0.15) is 0 Å². The number of anilines is 9. The molecule has 0 aromatic heterocycles. The molecule has 0 atom stereocenters. The summed E-state index contributed by atoms with van der Waals surface area (Å²) in [5, 5.41) is 0. The minimum Gasteiger partial charge on any atom is -0.310 e. The molecule has 0 aliphatic heterocycles. The molecule has 0 amide bonds. The van der Waals surface area contributed by atoms with Crippen LogP contribution in [-0.2, 0) is 32.5 Å². The number of fused-ring (bicyclic) bond motifs is 18. The Kier molecular flexibility index (Phi) is 26.8. The van der Waals surface area contributed by atoms with Crippen molar-refractivity contribution in [2.75, 3.05) is 14.7 Å². The second-order valence-electron chi connectivity index (χ2n) is 49.9. The monoisotopic (exact) mass is 1920 g/mol. The number of rotatable bonds is 15. The Balaban J connectivity index is 0.000000117. The van der Waals surface area contributed by atoms with Crippen LogP contribution in [0.4, 0.5) is 51.2 Å². The highest BCUT2D eigenvalue weighted by molar-refractivity contribution is 5.92. The third kappa shape index (κ3) is 18.2. The summed E-state index contributed by atoms with van der Waals surface area (Å²) in [5.41, 5.74) is 47.1. The molecule has 3 heteroatoms. The molecule has 0 unspecified atom stereocenters. The van der Waals surface area contributed by atoms with Crippen molar-refractivity contribution in [3.05, 3.63) is 387 Å². The van der Waals surface area contributed by atoms with E-state index < -0.39 is 0 Å². The molecule has 12 aliphatic carbocycles. The Labute approximate surface area is 876 Å².